The molecule has 1 heterocycles. The monoisotopic (exact) mass is 126 g/mol. The Hall–Kier alpha value is -0.860. The van der Waals surface area contributed by atoms with Crippen molar-refractivity contribution < 1.29 is 4.79 Å². The van der Waals surface area contributed by atoms with Crippen molar-refractivity contribution in [3.05, 3.63) is 0 Å². The molecule has 9 heavy (non-hydrogen) atoms. The maximum atomic E-state index is 10.2. The van der Waals surface area contributed by atoms with E-state index < -0.39 is 0 Å². The highest BCUT2D eigenvalue weighted by Gasteiger charge is 2.22. The summed E-state index contributed by atoms with van der Waals surface area (Å²) in [5.41, 5.74) is 0. The van der Waals surface area contributed by atoms with E-state index in [9.17, 15) is 4.79 Å². The van der Waals surface area contributed by atoms with Gasteiger partial charge in [-0.3, -0.25) is 4.99 Å². The number of nitrogens with zero attached hydrogens (tertiary/aromatic N) is 2. The molecule has 0 aromatic carbocycles. The first-order chi connectivity index (χ1) is 4.25. The third kappa shape index (κ3) is 0.943. The number of hydrogen-bond acceptors (Lipinski definition) is 3. The lowest BCUT2D eigenvalue weighted by Crippen LogP contribution is -2.30. The van der Waals surface area contributed by atoms with Gasteiger partial charge in [0.1, 0.15) is 12.3 Å². The van der Waals surface area contributed by atoms with Crippen molar-refractivity contribution in [2.45, 2.75) is 19.0 Å². The lowest BCUT2D eigenvalue weighted by molar-refractivity contribution is -0.109. The number of aldehydes is 1. The van der Waals surface area contributed by atoms with Gasteiger partial charge in [-0.25, -0.2) is 0 Å². The first kappa shape index (κ1) is 6.26. The van der Waals surface area contributed by atoms with Crippen LogP contribution in [0.1, 0.15) is 6.92 Å². The third-order valence-corrected chi connectivity index (χ3v) is 1.70. The molecular weight excluding hydrogens is 116 g/mol. The molecule has 0 aliphatic carbocycles. The number of hydrogen-bond donors (Lipinski definition) is 0. The van der Waals surface area contributed by atoms with Gasteiger partial charge in [-0.2, -0.15) is 0 Å². The minimum absolute atomic E-state index is 0.144. The number of carbonyl (C=O) groups excluding carboxylic acids is 1. The van der Waals surface area contributed by atoms with E-state index in [1.807, 2.05) is 18.9 Å². The summed E-state index contributed by atoms with van der Waals surface area (Å²) in [6, 6.07) is 0.0949. The molecule has 0 fully saturated rings. The van der Waals surface area contributed by atoms with Gasteiger partial charge < -0.3 is 9.69 Å². The number of carbonyl (C=O) groups is 1. The molecule has 0 aromatic rings. The first-order valence-corrected chi connectivity index (χ1v) is 2.96. The summed E-state index contributed by atoms with van der Waals surface area (Å²) in [6.45, 7) is 1.98. The Kier molecular flexibility index (Phi) is 1.51. The first-order valence-electron chi connectivity index (χ1n) is 2.96. The number of likely N-dealkylation sites (N-methyl/N-ethyl adjacent to an activating group) is 1. The van der Waals surface area contributed by atoms with E-state index in [-0.39, 0.29) is 12.1 Å². The maximum absolute atomic E-state index is 10.2. The molecular formula is C6H10N2O. The summed E-state index contributed by atoms with van der Waals surface area (Å²) in [7, 11) is 1.91. The van der Waals surface area contributed by atoms with Gasteiger partial charge in [-0.05, 0) is 6.92 Å². The van der Waals surface area contributed by atoms with E-state index >= 15 is 0 Å². The number of aliphatic imine (C=N–C) groups is 1. The van der Waals surface area contributed by atoms with Crippen LogP contribution in [-0.2, 0) is 4.79 Å². The lowest BCUT2D eigenvalue weighted by Gasteiger charge is -2.15. The van der Waals surface area contributed by atoms with Crippen molar-refractivity contribution >= 4 is 12.6 Å². The number of rotatable bonds is 1. The molecule has 0 saturated carbocycles. The highest BCUT2D eigenvalue weighted by atomic mass is 16.1. The van der Waals surface area contributed by atoms with E-state index in [2.05, 4.69) is 4.99 Å². The molecule has 0 N–H and O–H groups in total. The van der Waals surface area contributed by atoms with Gasteiger partial charge in [0, 0.05) is 7.05 Å². The molecule has 0 aromatic heterocycles. The fourth-order valence-corrected chi connectivity index (χ4v) is 0.802. The molecule has 1 rings (SSSR count). The minimum atomic E-state index is -0.144. The molecule has 0 bridgehead atoms. The Bertz CT molecular complexity index is 144. The largest absolute Gasteiger partial charge is 0.361 e. The molecule has 2 unspecified atom stereocenters. The van der Waals surface area contributed by atoms with Crippen molar-refractivity contribution in [2.24, 2.45) is 4.99 Å². The van der Waals surface area contributed by atoms with Gasteiger partial charge >= 0.3 is 0 Å². The molecule has 3 nitrogen and oxygen atoms in total. The van der Waals surface area contributed by atoms with Crippen LogP contribution in [0.4, 0.5) is 0 Å². The van der Waals surface area contributed by atoms with Gasteiger partial charge in [0.2, 0.25) is 0 Å². The Morgan fingerprint density at radius 2 is 2.44 bits per heavy atom. The molecule has 50 valence electrons. The van der Waals surface area contributed by atoms with Crippen LogP contribution in [0.2, 0.25) is 0 Å². The predicted octanol–water partition coefficient (Wildman–Crippen LogP) is -0.0839. The topological polar surface area (TPSA) is 32.7 Å². The van der Waals surface area contributed by atoms with Crippen LogP contribution in [0.3, 0.4) is 0 Å². The van der Waals surface area contributed by atoms with Crippen molar-refractivity contribution in [1.82, 2.24) is 4.90 Å². The molecule has 0 radical (unpaired) electrons. The highest BCUT2D eigenvalue weighted by Crippen LogP contribution is 2.07. The molecule has 3 heteroatoms. The molecule has 1 aliphatic heterocycles. The zero-order chi connectivity index (χ0) is 6.85. The van der Waals surface area contributed by atoms with Crippen molar-refractivity contribution in [3.63, 3.8) is 0 Å². The van der Waals surface area contributed by atoms with Crippen LogP contribution >= 0.6 is 0 Å². The highest BCUT2D eigenvalue weighted by molar-refractivity contribution is 5.69. The van der Waals surface area contributed by atoms with Gasteiger partial charge in [-0.1, -0.05) is 0 Å². The SMILES string of the molecule is CC1C(C=O)N=CN1C. The van der Waals surface area contributed by atoms with Crippen LogP contribution in [0, 0.1) is 0 Å². The van der Waals surface area contributed by atoms with E-state index in [4.69, 9.17) is 0 Å². The fourth-order valence-electron chi connectivity index (χ4n) is 0.802. The van der Waals surface area contributed by atoms with Crippen molar-refractivity contribution in [1.29, 1.82) is 0 Å². The van der Waals surface area contributed by atoms with Gasteiger partial charge in [-0.15, -0.1) is 0 Å². The standard InChI is InChI=1S/C6H10N2O/c1-5-6(3-9)7-4-8(5)2/h3-6H,1-2H3. The van der Waals surface area contributed by atoms with Crippen molar-refractivity contribution in [2.75, 3.05) is 7.05 Å². The average Bonchev–Trinajstić information content (AvgIpc) is 2.15. The molecule has 1 aliphatic rings. The normalized spacial score (nSPS) is 33.3. The zero-order valence-electron chi connectivity index (χ0n) is 5.61. The van der Waals surface area contributed by atoms with Crippen LogP contribution < -0.4 is 0 Å². The minimum Gasteiger partial charge on any atom is -0.361 e. The summed E-state index contributed by atoms with van der Waals surface area (Å²) in [5, 5.41) is 0. The second kappa shape index (κ2) is 2.17. The maximum Gasteiger partial charge on any atom is 0.146 e. The zero-order valence-corrected chi connectivity index (χ0v) is 5.61. The van der Waals surface area contributed by atoms with Crippen LogP contribution in [0.15, 0.2) is 4.99 Å². The van der Waals surface area contributed by atoms with Crippen LogP contribution in [-0.4, -0.2) is 36.7 Å². The predicted molar refractivity (Wildman–Crippen MR) is 35.6 cm³/mol. The summed E-state index contributed by atoms with van der Waals surface area (Å²) in [6.07, 6.45) is 2.58. The van der Waals surface area contributed by atoms with Gasteiger partial charge in [0.15, 0.2) is 0 Å². The van der Waals surface area contributed by atoms with E-state index in [0.29, 0.717) is 0 Å². The van der Waals surface area contributed by atoms with E-state index in [1.165, 1.54) is 0 Å². The summed E-state index contributed by atoms with van der Waals surface area (Å²) < 4.78 is 0. The van der Waals surface area contributed by atoms with E-state index in [1.54, 1.807) is 6.34 Å². The summed E-state index contributed by atoms with van der Waals surface area (Å²) in [4.78, 5) is 16.1. The Morgan fingerprint density at radius 1 is 1.78 bits per heavy atom. The second-order valence-electron chi connectivity index (χ2n) is 2.30. The smallest absolute Gasteiger partial charge is 0.146 e. The van der Waals surface area contributed by atoms with Crippen molar-refractivity contribution in [3.8, 4) is 0 Å². The molecule has 0 saturated heterocycles. The summed E-state index contributed by atoms with van der Waals surface area (Å²) in [5.74, 6) is 0. The summed E-state index contributed by atoms with van der Waals surface area (Å²) >= 11 is 0. The lowest BCUT2D eigenvalue weighted by atomic mass is 10.2. The van der Waals surface area contributed by atoms with Crippen LogP contribution in [0.25, 0.3) is 0 Å². The van der Waals surface area contributed by atoms with E-state index in [0.717, 1.165) is 6.29 Å². The van der Waals surface area contributed by atoms with Gasteiger partial charge in [0.25, 0.3) is 0 Å². The Balaban J connectivity index is 2.61. The Morgan fingerprint density at radius 3 is 2.67 bits per heavy atom. The van der Waals surface area contributed by atoms with Crippen LogP contribution in [0.5, 0.6) is 0 Å². The molecule has 0 spiro atoms. The quantitative estimate of drug-likeness (QED) is 0.460. The fraction of sp³-hybridized carbons (Fsp3) is 0.667. The van der Waals surface area contributed by atoms with Gasteiger partial charge in [0.05, 0.1) is 12.4 Å². The molecule has 0 amide bonds. The molecule has 2 atom stereocenters. The third-order valence-electron chi connectivity index (χ3n) is 1.70. The second-order valence-corrected chi connectivity index (χ2v) is 2.30. The average molecular weight is 126 g/mol. The Labute approximate surface area is 54.4 Å².